The van der Waals surface area contributed by atoms with Gasteiger partial charge in [0.2, 0.25) is 5.91 Å². The number of rotatable bonds is 6. The van der Waals surface area contributed by atoms with E-state index in [-0.39, 0.29) is 16.8 Å². The lowest BCUT2D eigenvalue weighted by Crippen LogP contribution is -2.32. The van der Waals surface area contributed by atoms with Gasteiger partial charge in [-0.3, -0.25) is 14.9 Å². The fourth-order valence-electron chi connectivity index (χ4n) is 3.78. The minimum absolute atomic E-state index is 0.0971. The fraction of sp³-hybridized carbons (Fsp3) is 0.0333. The molecule has 2 heterocycles. The smallest absolute Gasteiger partial charge is 0.291 e. The van der Waals surface area contributed by atoms with Gasteiger partial charge in [-0.05, 0) is 79.3 Å². The van der Waals surface area contributed by atoms with Gasteiger partial charge in [-0.15, -0.1) is 0 Å². The van der Waals surface area contributed by atoms with Crippen molar-refractivity contribution in [2.24, 2.45) is 0 Å². The van der Waals surface area contributed by atoms with Gasteiger partial charge in [0.15, 0.2) is 10.9 Å². The zero-order valence-corrected chi connectivity index (χ0v) is 22.2. The maximum absolute atomic E-state index is 12.6. The average molecular weight is 556 g/mol. The molecule has 3 aromatic carbocycles. The predicted octanol–water partition coefficient (Wildman–Crippen LogP) is 7.43. The molecule has 7 nitrogen and oxygen atoms in total. The maximum Gasteiger partial charge on any atom is 0.291 e. The van der Waals surface area contributed by atoms with Crippen molar-refractivity contribution in [1.82, 2.24) is 5.32 Å². The Kier molecular flexibility index (Phi) is 7.58. The molecule has 0 atom stereocenters. The highest BCUT2D eigenvalue weighted by atomic mass is 35.5. The summed E-state index contributed by atoms with van der Waals surface area (Å²) in [5.41, 5.74) is 3.57. The van der Waals surface area contributed by atoms with E-state index in [9.17, 15) is 9.59 Å². The van der Waals surface area contributed by atoms with Crippen molar-refractivity contribution in [1.29, 1.82) is 0 Å². The number of thiocarbonyl (C=S) groups is 1. The number of fused-ring (bicyclic) bond motifs is 1. The summed E-state index contributed by atoms with van der Waals surface area (Å²) in [5, 5.41) is 9.92. The quantitative estimate of drug-likeness (QED) is 0.149. The first-order valence-electron chi connectivity index (χ1n) is 11.9. The highest BCUT2D eigenvalue weighted by Crippen LogP contribution is 2.27. The van der Waals surface area contributed by atoms with Crippen molar-refractivity contribution in [3.63, 3.8) is 0 Å². The summed E-state index contributed by atoms with van der Waals surface area (Å²) >= 11 is 11.5. The van der Waals surface area contributed by atoms with Gasteiger partial charge in [-0.1, -0.05) is 48.0 Å². The number of halogens is 1. The monoisotopic (exact) mass is 555 g/mol. The molecular formula is C30H22ClN3O4S. The van der Waals surface area contributed by atoms with Crippen molar-refractivity contribution in [2.75, 3.05) is 10.6 Å². The number of benzene rings is 3. The van der Waals surface area contributed by atoms with Crippen LogP contribution in [0, 0.1) is 6.92 Å². The molecule has 0 fully saturated rings. The van der Waals surface area contributed by atoms with Crippen LogP contribution in [0.15, 0.2) is 99.8 Å². The van der Waals surface area contributed by atoms with E-state index in [4.69, 9.17) is 32.7 Å². The van der Waals surface area contributed by atoms with Crippen molar-refractivity contribution in [3.8, 4) is 11.3 Å². The van der Waals surface area contributed by atoms with Crippen LogP contribution in [0.5, 0.6) is 0 Å². The number of hydrogen-bond acceptors (Lipinski definition) is 5. The third-order valence-electron chi connectivity index (χ3n) is 5.75. The fourth-order valence-corrected chi connectivity index (χ4v) is 4.18. The number of furan rings is 2. The second-order valence-corrected chi connectivity index (χ2v) is 9.44. The number of nitrogens with one attached hydrogen (secondary N) is 3. The molecule has 0 unspecified atom stereocenters. The minimum atomic E-state index is -0.432. The van der Waals surface area contributed by atoms with E-state index in [0.29, 0.717) is 33.5 Å². The maximum atomic E-state index is 12.6. The molecule has 0 radical (unpaired) electrons. The summed E-state index contributed by atoms with van der Waals surface area (Å²) in [6.07, 6.45) is 2.87. The van der Waals surface area contributed by atoms with Crippen molar-refractivity contribution >= 4 is 69.2 Å². The van der Waals surface area contributed by atoms with E-state index < -0.39 is 5.91 Å². The van der Waals surface area contributed by atoms with Crippen LogP contribution in [0.1, 0.15) is 21.9 Å². The number of para-hydroxylation sites is 1. The summed E-state index contributed by atoms with van der Waals surface area (Å²) in [7, 11) is 0. The number of hydrogen-bond donors (Lipinski definition) is 3. The lowest BCUT2D eigenvalue weighted by Gasteiger charge is -2.10. The molecule has 2 amide bonds. The summed E-state index contributed by atoms with van der Waals surface area (Å²) in [5.74, 6) is 0.537. The number of carbonyl (C=O) groups is 2. The Labute approximate surface area is 234 Å². The molecule has 2 aromatic heterocycles. The third kappa shape index (κ3) is 6.43. The highest BCUT2D eigenvalue weighted by molar-refractivity contribution is 7.80. The predicted molar refractivity (Wildman–Crippen MR) is 158 cm³/mol. The molecule has 0 spiro atoms. The van der Waals surface area contributed by atoms with Gasteiger partial charge in [0, 0.05) is 33.4 Å². The van der Waals surface area contributed by atoms with E-state index in [0.717, 1.165) is 16.5 Å². The largest absolute Gasteiger partial charge is 0.457 e. The van der Waals surface area contributed by atoms with Gasteiger partial charge < -0.3 is 19.5 Å². The Balaban J connectivity index is 1.15. The summed E-state index contributed by atoms with van der Waals surface area (Å²) in [6, 6.07) is 25.3. The van der Waals surface area contributed by atoms with E-state index >= 15 is 0 Å². The first kappa shape index (κ1) is 26.0. The SMILES string of the molecule is Cc1ccc(-c2ccc(/C=C/C(=O)NC(=S)Nc3cccc(NC(=O)c4cc5ccccc5o4)c3)o2)cc1Cl. The Hall–Kier alpha value is -4.66. The Morgan fingerprint density at radius 1 is 0.872 bits per heavy atom. The molecule has 194 valence electrons. The zero-order chi connectivity index (χ0) is 27.4. The van der Waals surface area contributed by atoms with Crippen LogP contribution in [-0.4, -0.2) is 16.9 Å². The second-order valence-electron chi connectivity index (χ2n) is 8.63. The first-order valence-corrected chi connectivity index (χ1v) is 12.7. The van der Waals surface area contributed by atoms with E-state index in [1.54, 1.807) is 48.5 Å². The van der Waals surface area contributed by atoms with Gasteiger partial charge in [0.05, 0.1) is 0 Å². The van der Waals surface area contributed by atoms with Gasteiger partial charge >= 0.3 is 0 Å². The molecule has 0 saturated heterocycles. The number of anilines is 2. The van der Waals surface area contributed by atoms with Crippen LogP contribution in [0.3, 0.4) is 0 Å². The number of carbonyl (C=O) groups excluding carboxylic acids is 2. The topological polar surface area (TPSA) is 96.5 Å². The Morgan fingerprint density at radius 3 is 2.46 bits per heavy atom. The van der Waals surface area contributed by atoms with Crippen LogP contribution in [0.2, 0.25) is 5.02 Å². The molecule has 0 aliphatic heterocycles. The lowest BCUT2D eigenvalue weighted by atomic mass is 10.1. The second kappa shape index (κ2) is 11.4. The minimum Gasteiger partial charge on any atom is -0.457 e. The van der Waals surface area contributed by atoms with Crippen LogP contribution in [-0.2, 0) is 4.79 Å². The molecule has 0 aliphatic rings. The third-order valence-corrected chi connectivity index (χ3v) is 6.36. The summed E-state index contributed by atoms with van der Waals surface area (Å²) in [4.78, 5) is 25.0. The van der Waals surface area contributed by atoms with Gasteiger partial charge in [-0.2, -0.15) is 0 Å². The van der Waals surface area contributed by atoms with E-state index in [1.165, 1.54) is 6.08 Å². The zero-order valence-electron chi connectivity index (χ0n) is 20.7. The molecule has 5 rings (SSSR count). The van der Waals surface area contributed by atoms with Crippen molar-refractivity contribution in [3.05, 3.63) is 113 Å². The highest BCUT2D eigenvalue weighted by Gasteiger charge is 2.13. The van der Waals surface area contributed by atoms with Crippen LogP contribution in [0.25, 0.3) is 28.4 Å². The van der Waals surface area contributed by atoms with Crippen LogP contribution < -0.4 is 16.0 Å². The average Bonchev–Trinajstić information content (AvgIpc) is 3.57. The van der Waals surface area contributed by atoms with Gasteiger partial charge in [0.25, 0.3) is 5.91 Å². The van der Waals surface area contributed by atoms with Crippen LogP contribution >= 0.6 is 23.8 Å². The van der Waals surface area contributed by atoms with Crippen molar-refractivity contribution in [2.45, 2.75) is 6.92 Å². The summed E-state index contributed by atoms with van der Waals surface area (Å²) in [6.45, 7) is 1.93. The Morgan fingerprint density at radius 2 is 1.67 bits per heavy atom. The van der Waals surface area contributed by atoms with Crippen molar-refractivity contribution < 1.29 is 18.4 Å². The molecule has 5 aromatic rings. The molecule has 3 N–H and O–H groups in total. The molecule has 39 heavy (non-hydrogen) atoms. The standard InChI is InChI=1S/C30H22ClN3O4S/c1-18-9-10-20(15-24(18)31)26-13-11-23(37-26)12-14-28(35)34-30(39)33-22-7-4-6-21(17-22)32-29(36)27-16-19-5-2-3-8-25(19)38-27/h2-17H,1H3,(H,32,36)(H2,33,34,35,39)/b14-12+. The van der Waals surface area contributed by atoms with E-state index in [2.05, 4.69) is 16.0 Å². The van der Waals surface area contributed by atoms with Gasteiger partial charge in [-0.25, -0.2) is 0 Å². The molecule has 0 aliphatic carbocycles. The normalized spacial score (nSPS) is 11.0. The van der Waals surface area contributed by atoms with Crippen LogP contribution in [0.4, 0.5) is 11.4 Å². The summed E-state index contributed by atoms with van der Waals surface area (Å²) < 4.78 is 11.4. The number of amides is 2. The molecule has 0 bridgehead atoms. The number of aryl methyl sites for hydroxylation is 1. The first-order chi connectivity index (χ1) is 18.8. The Bertz CT molecular complexity index is 1700. The van der Waals surface area contributed by atoms with Gasteiger partial charge in [0.1, 0.15) is 17.1 Å². The lowest BCUT2D eigenvalue weighted by molar-refractivity contribution is -0.115. The molecule has 0 saturated carbocycles. The molecular weight excluding hydrogens is 534 g/mol. The van der Waals surface area contributed by atoms with E-state index in [1.807, 2.05) is 49.4 Å². The molecule has 9 heteroatoms.